The minimum absolute atomic E-state index is 0.519. The van der Waals surface area contributed by atoms with Gasteiger partial charge in [-0.15, -0.1) is 0 Å². The zero-order valence-electron chi connectivity index (χ0n) is 14.3. The van der Waals surface area contributed by atoms with Gasteiger partial charge in [-0.25, -0.2) is 9.67 Å². The molecule has 1 aromatic heterocycles. The zero-order valence-corrected chi connectivity index (χ0v) is 14.3. The summed E-state index contributed by atoms with van der Waals surface area (Å²) in [5.74, 6) is 3.82. The second-order valence-electron chi connectivity index (χ2n) is 7.72. The summed E-state index contributed by atoms with van der Waals surface area (Å²) in [6, 6.07) is 1.32. The van der Waals surface area contributed by atoms with Gasteiger partial charge in [-0.05, 0) is 43.9 Å². The molecule has 128 valence electrons. The van der Waals surface area contributed by atoms with E-state index in [4.69, 9.17) is 4.74 Å². The number of aromatic nitrogens is 3. The highest BCUT2D eigenvalue weighted by Crippen LogP contribution is 2.40. The van der Waals surface area contributed by atoms with Gasteiger partial charge in [-0.2, -0.15) is 5.10 Å². The van der Waals surface area contributed by atoms with E-state index in [0.717, 1.165) is 42.5 Å². The number of rotatable bonds is 6. The second kappa shape index (κ2) is 6.89. The van der Waals surface area contributed by atoms with Crippen LogP contribution in [-0.4, -0.2) is 34.0 Å². The van der Waals surface area contributed by atoms with E-state index in [1.165, 1.54) is 51.4 Å². The molecule has 3 aliphatic rings. The molecule has 2 atom stereocenters. The van der Waals surface area contributed by atoms with Crippen LogP contribution in [-0.2, 0) is 24.3 Å². The molecule has 5 nitrogen and oxygen atoms in total. The van der Waals surface area contributed by atoms with Crippen molar-refractivity contribution in [1.82, 2.24) is 20.1 Å². The van der Waals surface area contributed by atoms with Gasteiger partial charge in [0.2, 0.25) is 0 Å². The van der Waals surface area contributed by atoms with Gasteiger partial charge in [0.1, 0.15) is 12.4 Å². The van der Waals surface area contributed by atoms with E-state index in [-0.39, 0.29) is 0 Å². The summed E-state index contributed by atoms with van der Waals surface area (Å²) in [6.45, 7) is 1.49. The molecule has 1 aromatic rings. The largest absolute Gasteiger partial charge is 0.377 e. The summed E-state index contributed by atoms with van der Waals surface area (Å²) < 4.78 is 7.27. The molecular weight excluding hydrogens is 288 g/mol. The predicted octanol–water partition coefficient (Wildman–Crippen LogP) is 2.69. The van der Waals surface area contributed by atoms with Gasteiger partial charge in [0, 0.05) is 25.6 Å². The lowest BCUT2D eigenvalue weighted by Crippen LogP contribution is -2.48. The Morgan fingerprint density at radius 1 is 1.13 bits per heavy atom. The van der Waals surface area contributed by atoms with Gasteiger partial charge in [-0.3, -0.25) is 0 Å². The number of nitrogens with zero attached hydrogens (tertiary/aromatic N) is 3. The van der Waals surface area contributed by atoms with Crippen LogP contribution in [0.3, 0.4) is 0 Å². The highest BCUT2D eigenvalue weighted by Gasteiger charge is 2.38. The van der Waals surface area contributed by atoms with Crippen LogP contribution in [0, 0.1) is 11.8 Å². The number of ether oxygens (including phenoxy) is 1. The molecule has 2 saturated carbocycles. The van der Waals surface area contributed by atoms with Gasteiger partial charge in [0.05, 0.1) is 6.54 Å². The Kier molecular flexibility index (Phi) is 4.67. The van der Waals surface area contributed by atoms with E-state index in [1.54, 1.807) is 7.11 Å². The summed E-state index contributed by atoms with van der Waals surface area (Å²) in [5, 5.41) is 8.66. The van der Waals surface area contributed by atoms with E-state index < -0.39 is 0 Å². The molecule has 0 saturated heterocycles. The summed E-state index contributed by atoms with van der Waals surface area (Å²) in [4.78, 5) is 4.59. The molecule has 0 radical (unpaired) electrons. The Morgan fingerprint density at radius 3 is 2.65 bits per heavy atom. The smallest absolute Gasteiger partial charge is 0.176 e. The summed E-state index contributed by atoms with van der Waals surface area (Å²) in [6.07, 6.45) is 12.3. The van der Waals surface area contributed by atoms with Crippen LogP contribution in [0.5, 0.6) is 0 Å². The molecule has 2 heterocycles. The minimum Gasteiger partial charge on any atom is -0.377 e. The molecule has 1 aliphatic heterocycles. The van der Waals surface area contributed by atoms with Gasteiger partial charge in [0.15, 0.2) is 5.82 Å². The van der Waals surface area contributed by atoms with Gasteiger partial charge < -0.3 is 10.1 Å². The first kappa shape index (κ1) is 15.6. The average molecular weight is 318 g/mol. The van der Waals surface area contributed by atoms with E-state index in [0.29, 0.717) is 12.6 Å². The summed E-state index contributed by atoms with van der Waals surface area (Å²) >= 11 is 0. The lowest BCUT2D eigenvalue weighted by Gasteiger charge is -2.35. The maximum absolute atomic E-state index is 5.16. The number of aryl methyl sites for hydroxylation is 1. The average Bonchev–Trinajstić information content (AvgIpc) is 3.34. The fourth-order valence-corrected chi connectivity index (χ4v) is 4.56. The van der Waals surface area contributed by atoms with Crippen LogP contribution < -0.4 is 5.32 Å². The topological polar surface area (TPSA) is 52.0 Å². The van der Waals surface area contributed by atoms with Crippen molar-refractivity contribution in [2.24, 2.45) is 11.8 Å². The molecule has 0 bridgehead atoms. The first-order valence-corrected chi connectivity index (χ1v) is 9.51. The molecule has 0 amide bonds. The Labute approximate surface area is 139 Å². The standard InChI is InChI=1S/C18H30N4O/c1-23-12-16-20-17-10-9-15(11-22(17)21-16)19-18(14-7-8-14)13-5-3-2-4-6-13/h13-15,18-19H,2-12H2,1H3/t15-,18-/m0/s1. The number of nitrogens with one attached hydrogen (secondary N) is 1. The van der Waals surface area contributed by atoms with Crippen molar-refractivity contribution in [3.8, 4) is 0 Å². The van der Waals surface area contributed by atoms with E-state index >= 15 is 0 Å². The minimum atomic E-state index is 0.519. The molecule has 0 spiro atoms. The molecular formula is C18H30N4O. The number of hydrogen-bond acceptors (Lipinski definition) is 4. The predicted molar refractivity (Wildman–Crippen MR) is 89.1 cm³/mol. The third-order valence-electron chi connectivity index (χ3n) is 5.89. The molecule has 2 fully saturated rings. The fourth-order valence-electron chi connectivity index (χ4n) is 4.56. The van der Waals surface area contributed by atoms with Gasteiger partial charge >= 0.3 is 0 Å². The molecule has 23 heavy (non-hydrogen) atoms. The molecule has 2 aliphatic carbocycles. The van der Waals surface area contributed by atoms with Crippen molar-refractivity contribution < 1.29 is 4.74 Å². The summed E-state index contributed by atoms with van der Waals surface area (Å²) in [7, 11) is 1.70. The highest BCUT2D eigenvalue weighted by atomic mass is 16.5. The SMILES string of the molecule is COCc1nc2n(n1)C[C@@H](N[C@@H](C1CCCCC1)C1CC1)CC2. The number of methoxy groups -OCH3 is 1. The third-order valence-corrected chi connectivity index (χ3v) is 5.89. The molecule has 0 unspecified atom stereocenters. The van der Waals surface area contributed by atoms with Crippen molar-refractivity contribution in [3.05, 3.63) is 11.6 Å². The van der Waals surface area contributed by atoms with Crippen molar-refractivity contribution >= 4 is 0 Å². The van der Waals surface area contributed by atoms with Crippen molar-refractivity contribution in [3.63, 3.8) is 0 Å². The van der Waals surface area contributed by atoms with Gasteiger partial charge in [0.25, 0.3) is 0 Å². The molecule has 5 heteroatoms. The first-order chi connectivity index (χ1) is 11.3. The second-order valence-corrected chi connectivity index (χ2v) is 7.72. The van der Waals surface area contributed by atoms with Crippen LogP contribution in [0.25, 0.3) is 0 Å². The van der Waals surface area contributed by atoms with Gasteiger partial charge in [-0.1, -0.05) is 19.3 Å². The first-order valence-electron chi connectivity index (χ1n) is 9.51. The fraction of sp³-hybridized carbons (Fsp3) is 0.889. The Morgan fingerprint density at radius 2 is 1.91 bits per heavy atom. The maximum Gasteiger partial charge on any atom is 0.176 e. The quantitative estimate of drug-likeness (QED) is 0.876. The van der Waals surface area contributed by atoms with Crippen LogP contribution >= 0.6 is 0 Å². The lowest BCUT2D eigenvalue weighted by atomic mass is 9.81. The number of hydrogen-bond donors (Lipinski definition) is 1. The highest BCUT2D eigenvalue weighted by molar-refractivity contribution is 5.00. The Bertz CT molecular complexity index is 519. The molecule has 0 aromatic carbocycles. The Balaban J connectivity index is 1.39. The number of fused-ring (bicyclic) bond motifs is 1. The van der Waals surface area contributed by atoms with E-state index in [9.17, 15) is 0 Å². The lowest BCUT2D eigenvalue weighted by molar-refractivity contribution is 0.177. The molecule has 4 rings (SSSR count). The maximum atomic E-state index is 5.16. The van der Waals surface area contributed by atoms with Crippen LogP contribution in [0.4, 0.5) is 0 Å². The zero-order chi connectivity index (χ0) is 15.6. The van der Waals surface area contributed by atoms with Crippen LogP contribution in [0.1, 0.15) is 63.0 Å². The summed E-state index contributed by atoms with van der Waals surface area (Å²) in [5.41, 5.74) is 0. The monoisotopic (exact) mass is 318 g/mol. The molecule has 1 N–H and O–H groups in total. The van der Waals surface area contributed by atoms with Crippen LogP contribution in [0.15, 0.2) is 0 Å². The van der Waals surface area contributed by atoms with Crippen LogP contribution in [0.2, 0.25) is 0 Å². The van der Waals surface area contributed by atoms with E-state index in [2.05, 4.69) is 20.1 Å². The van der Waals surface area contributed by atoms with Crippen molar-refractivity contribution in [1.29, 1.82) is 0 Å². The van der Waals surface area contributed by atoms with Crippen molar-refractivity contribution in [2.45, 2.75) is 83.0 Å². The third kappa shape index (κ3) is 3.61. The van der Waals surface area contributed by atoms with E-state index in [1.807, 2.05) is 0 Å². The van der Waals surface area contributed by atoms with Crippen molar-refractivity contribution in [2.75, 3.05) is 7.11 Å². The normalized spacial score (nSPS) is 26.9. The Hall–Kier alpha value is -0.940.